The summed E-state index contributed by atoms with van der Waals surface area (Å²) in [5.41, 5.74) is 3.33. The number of aromatic nitrogens is 2. The van der Waals surface area contributed by atoms with Crippen molar-refractivity contribution >= 4 is 45.1 Å². The molecule has 0 atom stereocenters. The number of aliphatic carboxylic acids is 1. The summed E-state index contributed by atoms with van der Waals surface area (Å²) in [6.45, 7) is 10.3. The van der Waals surface area contributed by atoms with Crippen LogP contribution in [0.15, 0.2) is 58.5 Å². The molecule has 5 aromatic rings. The molecule has 0 fully saturated rings. The molecule has 5 rings (SSSR count). The molecule has 0 aliphatic rings. The number of hydrogen-bond donors (Lipinski definition) is 2. The molecule has 0 aliphatic carbocycles. The topological polar surface area (TPSA) is 107 Å². The zero-order valence-electron chi connectivity index (χ0n) is 23.5. The highest BCUT2D eigenvalue weighted by atomic mass is 32.1. The summed E-state index contributed by atoms with van der Waals surface area (Å²) in [5, 5.41) is 16.8. The quantitative estimate of drug-likeness (QED) is 0.228. The van der Waals surface area contributed by atoms with Gasteiger partial charge in [-0.1, -0.05) is 26.8 Å². The molecule has 0 bridgehead atoms. The van der Waals surface area contributed by atoms with Gasteiger partial charge in [0.15, 0.2) is 16.4 Å². The number of carboxylic acids is 1. The predicted octanol–water partition coefficient (Wildman–Crippen LogP) is 6.39. The van der Waals surface area contributed by atoms with Crippen molar-refractivity contribution in [1.29, 1.82) is 0 Å². The summed E-state index contributed by atoms with van der Waals surface area (Å²) in [4.78, 5) is 28.6. The number of amides is 1. The van der Waals surface area contributed by atoms with Crippen molar-refractivity contribution in [3.63, 3.8) is 0 Å². The number of carbonyl (C=O) groups excluding carboxylic acids is 1. The van der Waals surface area contributed by atoms with E-state index in [0.29, 0.717) is 17.9 Å². The third kappa shape index (κ3) is 5.47. The number of furan rings is 1. The Morgan fingerprint density at radius 2 is 1.88 bits per heavy atom. The van der Waals surface area contributed by atoms with Crippen molar-refractivity contribution < 1.29 is 23.8 Å². The van der Waals surface area contributed by atoms with E-state index in [4.69, 9.17) is 14.1 Å². The Morgan fingerprint density at radius 3 is 2.55 bits per heavy atom. The fourth-order valence-corrected chi connectivity index (χ4v) is 5.71. The van der Waals surface area contributed by atoms with E-state index in [0.717, 1.165) is 43.9 Å². The second kappa shape index (κ2) is 10.1. The minimum absolute atomic E-state index is 0.0276. The summed E-state index contributed by atoms with van der Waals surface area (Å²) in [5.74, 6) is 0.0723. The summed E-state index contributed by atoms with van der Waals surface area (Å²) in [6, 6.07) is 13.6. The van der Waals surface area contributed by atoms with Gasteiger partial charge in [0.05, 0.1) is 12.1 Å². The van der Waals surface area contributed by atoms with E-state index in [1.54, 1.807) is 44.4 Å². The molecule has 2 N–H and O–H groups in total. The van der Waals surface area contributed by atoms with Crippen LogP contribution in [0.3, 0.4) is 0 Å². The van der Waals surface area contributed by atoms with E-state index < -0.39 is 11.6 Å². The third-order valence-corrected chi connectivity index (χ3v) is 7.70. The maximum Gasteiger partial charge on any atom is 0.307 e. The highest BCUT2D eigenvalue weighted by molar-refractivity contribution is 7.13. The molecule has 9 heteroatoms. The molecule has 0 spiro atoms. The van der Waals surface area contributed by atoms with Crippen LogP contribution in [-0.4, -0.2) is 39.2 Å². The van der Waals surface area contributed by atoms with Crippen LogP contribution in [0.1, 0.15) is 51.4 Å². The number of rotatable bonds is 8. The molecule has 1 amide bonds. The Hall–Kier alpha value is -4.11. The maximum atomic E-state index is 12.2. The molecule has 0 radical (unpaired) electrons. The van der Waals surface area contributed by atoms with Crippen LogP contribution in [-0.2, 0) is 28.0 Å². The Kier molecular flexibility index (Phi) is 6.95. The molecule has 0 unspecified atom stereocenters. The van der Waals surface area contributed by atoms with Crippen LogP contribution >= 0.6 is 11.3 Å². The van der Waals surface area contributed by atoms with E-state index in [-0.39, 0.29) is 17.7 Å². The molecular weight excluding hydrogens is 526 g/mol. The van der Waals surface area contributed by atoms with Gasteiger partial charge in [-0.15, -0.1) is 11.3 Å². The molecule has 3 aromatic heterocycles. The first-order valence-corrected chi connectivity index (χ1v) is 14.0. The number of hydrogen-bond acceptors (Lipinski definition) is 6. The lowest BCUT2D eigenvalue weighted by Gasteiger charge is -2.24. The Morgan fingerprint density at radius 1 is 1.10 bits per heavy atom. The minimum Gasteiger partial charge on any atom is -0.481 e. The number of likely N-dealkylation sites (N-methyl/N-ethyl adjacent to an activating group) is 1. The molecule has 40 heavy (non-hydrogen) atoms. The van der Waals surface area contributed by atoms with Crippen LogP contribution in [0.5, 0.6) is 5.75 Å². The number of thiazole rings is 1. The highest BCUT2D eigenvalue weighted by Gasteiger charge is 2.29. The van der Waals surface area contributed by atoms with E-state index in [1.807, 2.05) is 35.0 Å². The maximum absolute atomic E-state index is 12.2. The fourth-order valence-electron chi connectivity index (χ4n) is 4.71. The molecule has 0 aliphatic heterocycles. The van der Waals surface area contributed by atoms with E-state index in [9.17, 15) is 14.7 Å². The number of carbonyl (C=O) groups is 2. The number of nitrogens with zero attached hydrogens (tertiary/aromatic N) is 2. The largest absolute Gasteiger partial charge is 0.481 e. The lowest BCUT2D eigenvalue weighted by molar-refractivity contribution is -0.136. The van der Waals surface area contributed by atoms with Gasteiger partial charge in [0.1, 0.15) is 11.3 Å². The second-order valence-electron chi connectivity index (χ2n) is 11.5. The standard InChI is InChI=1S/C31H33N3O5S/c1-30(2,3)26-17-40-28(33-26)25-12-19-11-18(7-10-24(19)38-25)15-34-16-20(13-27(35)36)22-14-21(8-9-23(22)34)39-31(4,5)29(37)32-6/h7-12,14,16-17H,13,15H2,1-6H3,(H,32,37)(H,35,36). The van der Waals surface area contributed by atoms with Crippen LogP contribution in [0.25, 0.3) is 32.6 Å². The van der Waals surface area contributed by atoms with Gasteiger partial charge in [0.25, 0.3) is 5.91 Å². The lowest BCUT2D eigenvalue weighted by atomic mass is 9.93. The van der Waals surface area contributed by atoms with E-state index >= 15 is 0 Å². The van der Waals surface area contributed by atoms with Crippen LogP contribution in [0, 0.1) is 0 Å². The SMILES string of the molecule is CNC(=O)C(C)(C)Oc1ccc2c(c1)c(CC(=O)O)cn2Cc1ccc2oc(-c3nc(C(C)(C)C)cs3)cc2c1. The van der Waals surface area contributed by atoms with Crippen molar-refractivity contribution in [1.82, 2.24) is 14.9 Å². The highest BCUT2D eigenvalue weighted by Crippen LogP contribution is 2.34. The average molecular weight is 560 g/mol. The zero-order valence-corrected chi connectivity index (χ0v) is 24.3. The van der Waals surface area contributed by atoms with Gasteiger partial charge < -0.3 is 24.1 Å². The van der Waals surface area contributed by atoms with Gasteiger partial charge in [-0.2, -0.15) is 0 Å². The van der Waals surface area contributed by atoms with Gasteiger partial charge in [0, 0.05) is 46.9 Å². The number of nitrogens with one attached hydrogen (secondary N) is 1. The molecular formula is C31H33N3O5S. The van der Waals surface area contributed by atoms with Crippen LogP contribution in [0.4, 0.5) is 0 Å². The van der Waals surface area contributed by atoms with Gasteiger partial charge in [-0.3, -0.25) is 9.59 Å². The Bertz CT molecular complexity index is 1730. The molecule has 0 saturated heterocycles. The van der Waals surface area contributed by atoms with Crippen molar-refractivity contribution in [3.05, 3.63) is 70.9 Å². The number of fused-ring (bicyclic) bond motifs is 2. The minimum atomic E-state index is -1.08. The zero-order chi connectivity index (χ0) is 28.8. The van der Waals surface area contributed by atoms with Crippen LogP contribution in [0.2, 0.25) is 0 Å². The van der Waals surface area contributed by atoms with Crippen molar-refractivity contribution in [2.24, 2.45) is 0 Å². The van der Waals surface area contributed by atoms with Gasteiger partial charge in [-0.05, 0) is 61.4 Å². The fraction of sp³-hybridized carbons (Fsp3) is 0.323. The lowest BCUT2D eigenvalue weighted by Crippen LogP contribution is -2.45. The second-order valence-corrected chi connectivity index (χ2v) is 12.4. The summed E-state index contributed by atoms with van der Waals surface area (Å²) >= 11 is 1.58. The first kappa shape index (κ1) is 27.5. The first-order valence-electron chi connectivity index (χ1n) is 13.1. The van der Waals surface area contributed by atoms with Crippen molar-refractivity contribution in [3.8, 4) is 16.5 Å². The summed E-state index contributed by atoms with van der Waals surface area (Å²) in [6.07, 6.45) is 1.75. The van der Waals surface area contributed by atoms with Gasteiger partial charge >= 0.3 is 5.97 Å². The monoisotopic (exact) mass is 559 g/mol. The Labute approximate surface area is 236 Å². The molecule has 8 nitrogen and oxygen atoms in total. The summed E-state index contributed by atoms with van der Waals surface area (Å²) < 4.78 is 14.1. The average Bonchev–Trinajstić information content (AvgIpc) is 3.60. The van der Waals surface area contributed by atoms with Crippen molar-refractivity contribution in [2.75, 3.05) is 7.05 Å². The van der Waals surface area contributed by atoms with E-state index in [1.165, 1.54) is 0 Å². The van der Waals surface area contributed by atoms with E-state index in [2.05, 4.69) is 37.5 Å². The molecule has 0 saturated carbocycles. The smallest absolute Gasteiger partial charge is 0.307 e. The summed E-state index contributed by atoms with van der Waals surface area (Å²) in [7, 11) is 1.56. The van der Waals surface area contributed by atoms with Gasteiger partial charge in [0.2, 0.25) is 0 Å². The normalized spacial score (nSPS) is 12.2. The number of carboxylic acid groups (broad SMARTS) is 1. The van der Waals surface area contributed by atoms with Crippen molar-refractivity contribution in [2.45, 2.75) is 58.6 Å². The third-order valence-electron chi connectivity index (χ3n) is 6.84. The van der Waals surface area contributed by atoms with Crippen LogP contribution < -0.4 is 10.1 Å². The number of ether oxygens (including phenoxy) is 1. The number of benzene rings is 2. The molecule has 2 aromatic carbocycles. The van der Waals surface area contributed by atoms with Gasteiger partial charge in [-0.25, -0.2) is 4.98 Å². The molecule has 3 heterocycles. The Balaban J connectivity index is 1.46. The first-order chi connectivity index (χ1) is 18.8. The predicted molar refractivity (Wildman–Crippen MR) is 157 cm³/mol. The molecule has 208 valence electrons.